The normalized spacial score (nSPS) is 28.3. The molecule has 2 aliphatic heterocycles. The van der Waals surface area contributed by atoms with Crippen LogP contribution in [0.3, 0.4) is 0 Å². The van der Waals surface area contributed by atoms with Crippen LogP contribution in [-0.2, 0) is 14.3 Å². The molecule has 9 nitrogen and oxygen atoms in total. The summed E-state index contributed by atoms with van der Waals surface area (Å²) in [5, 5.41) is 9.06. The summed E-state index contributed by atoms with van der Waals surface area (Å²) in [5.74, 6) is -1.27. The monoisotopic (exact) mass is 472 g/mol. The lowest BCUT2D eigenvalue weighted by atomic mass is 9.72. The van der Waals surface area contributed by atoms with E-state index >= 15 is 0 Å². The molecule has 0 aromatic heterocycles. The van der Waals surface area contributed by atoms with Gasteiger partial charge in [0, 0.05) is 32.0 Å². The highest BCUT2D eigenvalue weighted by Crippen LogP contribution is 2.45. The van der Waals surface area contributed by atoms with Crippen LogP contribution in [0.25, 0.3) is 0 Å². The summed E-state index contributed by atoms with van der Waals surface area (Å²) < 4.78 is 17.4. The predicted molar refractivity (Wildman–Crippen MR) is 120 cm³/mol. The van der Waals surface area contributed by atoms with Crippen LogP contribution in [0.1, 0.15) is 48.9 Å². The van der Waals surface area contributed by atoms with E-state index in [0.29, 0.717) is 44.7 Å². The highest BCUT2D eigenvalue weighted by atomic mass is 16.7. The van der Waals surface area contributed by atoms with E-state index in [9.17, 15) is 14.4 Å². The zero-order valence-corrected chi connectivity index (χ0v) is 19.5. The van der Waals surface area contributed by atoms with Gasteiger partial charge in [0.25, 0.3) is 0 Å². The third-order valence-corrected chi connectivity index (χ3v) is 7.69. The minimum absolute atomic E-state index is 0.103. The van der Waals surface area contributed by atoms with Crippen molar-refractivity contribution in [3.8, 4) is 5.75 Å². The minimum atomic E-state index is -1.05. The number of ether oxygens (including phenoxy) is 3. The van der Waals surface area contributed by atoms with E-state index in [1.807, 2.05) is 0 Å². The van der Waals surface area contributed by atoms with Gasteiger partial charge < -0.3 is 24.2 Å². The molecular formula is C25H32N2O7. The quantitative estimate of drug-likeness (QED) is 0.697. The average Bonchev–Trinajstić information content (AvgIpc) is 3.54. The molecule has 4 aliphatic rings. The Morgan fingerprint density at radius 3 is 2.50 bits per heavy atom. The second kappa shape index (κ2) is 9.28. The van der Waals surface area contributed by atoms with E-state index in [1.54, 1.807) is 0 Å². The molecule has 1 spiro atoms. The second-order valence-corrected chi connectivity index (χ2v) is 10.1. The summed E-state index contributed by atoms with van der Waals surface area (Å²) in [5.41, 5.74) is 0.103. The highest BCUT2D eigenvalue weighted by Gasteiger charge is 2.50. The average molecular weight is 473 g/mol. The molecule has 5 rings (SSSR count). The van der Waals surface area contributed by atoms with Gasteiger partial charge in [0.15, 0.2) is 5.79 Å². The number of carboxylic acid groups (broad SMARTS) is 1. The van der Waals surface area contributed by atoms with E-state index in [1.165, 1.54) is 29.2 Å². The van der Waals surface area contributed by atoms with Gasteiger partial charge in [-0.05, 0) is 68.8 Å². The fourth-order valence-electron chi connectivity index (χ4n) is 5.78. The lowest BCUT2D eigenvalue weighted by molar-refractivity contribution is -0.202. The number of carboxylic acids is 1. The van der Waals surface area contributed by atoms with Crippen LogP contribution in [0.15, 0.2) is 24.3 Å². The topological polar surface area (TPSA) is 106 Å². The van der Waals surface area contributed by atoms with Crippen molar-refractivity contribution in [2.24, 2.45) is 17.8 Å². The van der Waals surface area contributed by atoms with E-state index in [2.05, 4.69) is 11.9 Å². The SMILES string of the molecule is CN1C[C@H](C(=O)N(CC2CC2)C(=O)Oc2ccc(C(=O)O)cc2)C[C@@H]2CC3(CC[C@H]21)OCCO3. The van der Waals surface area contributed by atoms with E-state index in [4.69, 9.17) is 19.3 Å². The molecule has 1 aromatic rings. The molecule has 2 heterocycles. The molecule has 184 valence electrons. The summed E-state index contributed by atoms with van der Waals surface area (Å²) in [4.78, 5) is 41.3. The first-order valence-corrected chi connectivity index (χ1v) is 12.2. The van der Waals surface area contributed by atoms with Crippen LogP contribution < -0.4 is 4.74 Å². The van der Waals surface area contributed by atoms with Crippen molar-refractivity contribution < 1.29 is 33.7 Å². The van der Waals surface area contributed by atoms with Crippen LogP contribution in [0.5, 0.6) is 5.75 Å². The number of amides is 2. The summed E-state index contributed by atoms with van der Waals surface area (Å²) >= 11 is 0. The van der Waals surface area contributed by atoms with Crippen LogP contribution in [0, 0.1) is 17.8 Å². The molecule has 9 heteroatoms. The van der Waals surface area contributed by atoms with Gasteiger partial charge in [-0.1, -0.05) is 0 Å². The Bertz CT molecular complexity index is 939. The largest absolute Gasteiger partial charge is 0.478 e. The van der Waals surface area contributed by atoms with Gasteiger partial charge in [-0.25, -0.2) is 14.5 Å². The molecular weight excluding hydrogens is 440 g/mol. The summed E-state index contributed by atoms with van der Waals surface area (Å²) in [6.45, 7) is 2.19. The fourth-order valence-corrected chi connectivity index (χ4v) is 5.78. The van der Waals surface area contributed by atoms with Crippen molar-refractivity contribution in [1.29, 1.82) is 0 Å². The van der Waals surface area contributed by atoms with Gasteiger partial charge in [0.05, 0.1) is 24.7 Å². The van der Waals surface area contributed by atoms with Gasteiger partial charge >= 0.3 is 12.1 Å². The predicted octanol–water partition coefficient (Wildman–Crippen LogP) is 2.99. The maximum absolute atomic E-state index is 13.6. The Morgan fingerprint density at radius 2 is 1.85 bits per heavy atom. The van der Waals surface area contributed by atoms with E-state index in [-0.39, 0.29) is 29.1 Å². The standard InChI is InChI=1S/C25H32N2O7/c1-26-15-19(12-18-13-25(9-8-21(18)26)32-10-11-33-25)22(28)27(14-16-2-3-16)24(31)34-20-6-4-17(5-7-20)23(29)30/h4-7,16,18-19,21H,2-3,8-15H2,1H3,(H,29,30)/t18-,19-,21-/m1/s1. The number of nitrogens with zero attached hydrogens (tertiary/aromatic N) is 2. The molecule has 1 N–H and O–H groups in total. The van der Waals surface area contributed by atoms with Crippen LogP contribution in [0.4, 0.5) is 4.79 Å². The van der Waals surface area contributed by atoms with Crippen molar-refractivity contribution in [1.82, 2.24) is 9.80 Å². The molecule has 0 radical (unpaired) electrons. The third kappa shape index (κ3) is 4.82. The molecule has 2 saturated carbocycles. The summed E-state index contributed by atoms with van der Waals surface area (Å²) in [6, 6.07) is 6.01. The Hall–Kier alpha value is -2.49. The maximum atomic E-state index is 13.6. The summed E-state index contributed by atoms with van der Waals surface area (Å²) in [6.07, 6.45) is 4.61. The highest BCUT2D eigenvalue weighted by molar-refractivity contribution is 5.94. The molecule has 0 bridgehead atoms. The smallest absolute Gasteiger partial charge is 0.422 e. The molecule has 34 heavy (non-hydrogen) atoms. The Labute approximate surface area is 198 Å². The van der Waals surface area contributed by atoms with Gasteiger partial charge in [0.1, 0.15) is 5.75 Å². The third-order valence-electron chi connectivity index (χ3n) is 7.69. The number of benzene rings is 1. The zero-order valence-electron chi connectivity index (χ0n) is 19.5. The van der Waals surface area contributed by atoms with Gasteiger partial charge in [-0.3, -0.25) is 4.79 Å². The molecule has 3 atom stereocenters. The fraction of sp³-hybridized carbons (Fsp3) is 0.640. The zero-order chi connectivity index (χ0) is 23.9. The van der Waals surface area contributed by atoms with Gasteiger partial charge in [-0.2, -0.15) is 0 Å². The maximum Gasteiger partial charge on any atom is 0.422 e. The van der Waals surface area contributed by atoms with Crippen molar-refractivity contribution >= 4 is 18.0 Å². The first-order valence-electron chi connectivity index (χ1n) is 12.2. The van der Waals surface area contributed by atoms with Gasteiger partial charge in [0.2, 0.25) is 5.91 Å². The number of hydrogen-bond acceptors (Lipinski definition) is 7. The van der Waals surface area contributed by atoms with Crippen LogP contribution >= 0.6 is 0 Å². The van der Waals surface area contributed by atoms with Crippen molar-refractivity contribution in [3.05, 3.63) is 29.8 Å². The Kier molecular flexibility index (Phi) is 6.35. The molecule has 1 aromatic carbocycles. The number of carbonyl (C=O) groups excluding carboxylic acids is 2. The molecule has 2 saturated heterocycles. The second-order valence-electron chi connectivity index (χ2n) is 10.1. The molecule has 0 unspecified atom stereocenters. The summed E-state index contributed by atoms with van der Waals surface area (Å²) in [7, 11) is 2.05. The van der Waals surface area contributed by atoms with Crippen LogP contribution in [0.2, 0.25) is 0 Å². The van der Waals surface area contributed by atoms with E-state index < -0.39 is 17.8 Å². The number of piperidine rings is 1. The number of aromatic carboxylic acids is 1. The molecule has 2 amide bonds. The van der Waals surface area contributed by atoms with Crippen LogP contribution in [-0.4, -0.2) is 78.1 Å². The number of hydrogen-bond donors (Lipinski definition) is 1. The van der Waals surface area contributed by atoms with Gasteiger partial charge in [-0.15, -0.1) is 0 Å². The number of imide groups is 1. The molecule has 4 fully saturated rings. The number of carbonyl (C=O) groups is 3. The first kappa shape index (κ1) is 23.3. The molecule has 2 aliphatic carbocycles. The lowest BCUT2D eigenvalue weighted by Crippen LogP contribution is -2.56. The number of fused-ring (bicyclic) bond motifs is 1. The Morgan fingerprint density at radius 1 is 1.15 bits per heavy atom. The van der Waals surface area contributed by atoms with Crippen molar-refractivity contribution in [2.75, 3.05) is 33.4 Å². The number of rotatable bonds is 5. The van der Waals surface area contributed by atoms with E-state index in [0.717, 1.165) is 32.1 Å². The first-order chi connectivity index (χ1) is 16.3. The number of likely N-dealkylation sites (tertiary alicyclic amines) is 1. The lowest BCUT2D eigenvalue weighted by Gasteiger charge is -2.49. The van der Waals surface area contributed by atoms with Crippen molar-refractivity contribution in [2.45, 2.75) is 50.4 Å². The Balaban J connectivity index is 1.28. The van der Waals surface area contributed by atoms with Crippen molar-refractivity contribution in [3.63, 3.8) is 0 Å². The minimum Gasteiger partial charge on any atom is -0.478 e.